The molecule has 2 rings (SSSR count). The molecule has 1 aromatic rings. The first-order valence-electron chi connectivity index (χ1n) is 6.71. The molecule has 1 fully saturated rings. The van der Waals surface area contributed by atoms with E-state index in [1.165, 1.54) is 19.2 Å². The molecule has 0 amide bonds. The van der Waals surface area contributed by atoms with E-state index in [0.29, 0.717) is 0 Å². The largest absolute Gasteiger partial charge is 0.463 e. The maximum Gasteiger partial charge on any atom is 0.351 e. The van der Waals surface area contributed by atoms with Crippen LogP contribution in [0.5, 0.6) is 0 Å². The summed E-state index contributed by atoms with van der Waals surface area (Å²) < 4.78 is 11.5. The molecule has 3 N–H and O–H groups in total. The number of carbonyl (C=O) groups is 1. The van der Waals surface area contributed by atoms with Gasteiger partial charge in [0.1, 0.15) is 18.7 Å². The first-order valence-corrected chi connectivity index (χ1v) is 6.71. The summed E-state index contributed by atoms with van der Waals surface area (Å²) in [5, 5.41) is 13.8. The summed E-state index contributed by atoms with van der Waals surface area (Å²) in [6.45, 7) is 2.28. The lowest BCUT2D eigenvalue weighted by Gasteiger charge is -2.26. The van der Waals surface area contributed by atoms with Gasteiger partial charge >= 0.3 is 11.7 Å². The van der Waals surface area contributed by atoms with Gasteiger partial charge in [0.05, 0.1) is 6.10 Å². The van der Waals surface area contributed by atoms with Gasteiger partial charge < -0.3 is 20.3 Å². The van der Waals surface area contributed by atoms with Crippen LogP contribution in [0.25, 0.3) is 10.4 Å². The number of aliphatic hydroxyl groups is 1. The molecule has 0 radical (unpaired) electrons. The molecule has 1 saturated heterocycles. The molecule has 23 heavy (non-hydrogen) atoms. The van der Waals surface area contributed by atoms with E-state index in [-0.39, 0.29) is 5.82 Å². The number of azide groups is 1. The number of carbonyl (C=O) groups excluding carboxylic acids is 1. The van der Waals surface area contributed by atoms with Crippen LogP contribution in [0.2, 0.25) is 0 Å². The lowest BCUT2D eigenvalue weighted by atomic mass is 9.98. The first kappa shape index (κ1) is 16.7. The molecule has 0 aromatic carbocycles. The number of anilines is 1. The van der Waals surface area contributed by atoms with Gasteiger partial charge in [0.15, 0.2) is 0 Å². The number of hydrogen-bond acceptors (Lipinski definition) is 8. The molecule has 1 aliphatic heterocycles. The van der Waals surface area contributed by atoms with E-state index in [1.54, 1.807) is 6.92 Å². The van der Waals surface area contributed by atoms with Gasteiger partial charge in [-0.15, -0.1) is 0 Å². The van der Waals surface area contributed by atoms with Crippen molar-refractivity contribution in [3.63, 3.8) is 0 Å². The maximum atomic E-state index is 11.9. The van der Waals surface area contributed by atoms with Crippen molar-refractivity contribution in [3.05, 3.63) is 33.2 Å². The summed E-state index contributed by atoms with van der Waals surface area (Å²) in [5.74, 6) is -1.23. The van der Waals surface area contributed by atoms with Gasteiger partial charge in [0.25, 0.3) is 0 Å². The fourth-order valence-electron chi connectivity index (χ4n) is 2.39. The molecular formula is C12H16N6O5. The molecule has 2 heterocycles. The quantitative estimate of drug-likeness (QED) is 0.338. The van der Waals surface area contributed by atoms with Crippen LogP contribution in [-0.2, 0) is 14.3 Å². The second-order valence-electron chi connectivity index (χ2n) is 5.17. The van der Waals surface area contributed by atoms with E-state index in [2.05, 4.69) is 15.0 Å². The Morgan fingerprint density at radius 1 is 1.74 bits per heavy atom. The van der Waals surface area contributed by atoms with Crippen molar-refractivity contribution in [2.24, 2.45) is 11.0 Å². The molecule has 0 bridgehead atoms. The van der Waals surface area contributed by atoms with Crippen molar-refractivity contribution < 1.29 is 19.4 Å². The third-order valence-corrected chi connectivity index (χ3v) is 3.56. The zero-order chi connectivity index (χ0) is 17.2. The number of nitrogen functional groups attached to an aromatic ring is 1. The number of ether oxygens (including phenoxy) is 2. The van der Waals surface area contributed by atoms with Crippen LogP contribution in [0.15, 0.2) is 22.2 Å². The van der Waals surface area contributed by atoms with Gasteiger partial charge in [-0.3, -0.25) is 9.36 Å². The summed E-state index contributed by atoms with van der Waals surface area (Å²) in [6, 6.07) is 1.39. The number of nitrogens with zero attached hydrogens (tertiary/aromatic N) is 5. The van der Waals surface area contributed by atoms with E-state index in [1.807, 2.05) is 0 Å². The third kappa shape index (κ3) is 3.11. The fourth-order valence-corrected chi connectivity index (χ4v) is 2.39. The minimum absolute atomic E-state index is 0.0404. The highest BCUT2D eigenvalue weighted by Crippen LogP contribution is 2.42. The second kappa shape index (κ2) is 6.24. The van der Waals surface area contributed by atoms with Gasteiger partial charge in [0, 0.05) is 24.0 Å². The van der Waals surface area contributed by atoms with Gasteiger partial charge in [-0.1, -0.05) is 12.0 Å². The van der Waals surface area contributed by atoms with Crippen LogP contribution in [0.4, 0.5) is 5.82 Å². The van der Waals surface area contributed by atoms with Crippen molar-refractivity contribution in [1.29, 1.82) is 0 Å². The highest BCUT2D eigenvalue weighted by atomic mass is 16.6. The van der Waals surface area contributed by atoms with Crippen LogP contribution in [0, 0.1) is 5.92 Å². The Labute approximate surface area is 130 Å². The standard InChI is InChI=1S/C12H16N6O5/c1-6-9(20)12(16-17-14,5-22-7(2)19)23-10(6)18-4-3-8(13)15-11(18)21/h3-4,6,9-10,20H,5H2,1-2H3,(H2,13,15,21)/t6-,9-,10+,12+/m0/s1. The van der Waals surface area contributed by atoms with Gasteiger partial charge in [-0.2, -0.15) is 4.98 Å². The topological polar surface area (TPSA) is 165 Å². The van der Waals surface area contributed by atoms with Crippen LogP contribution in [-0.4, -0.2) is 39.1 Å². The molecule has 4 atom stereocenters. The van der Waals surface area contributed by atoms with Crippen molar-refractivity contribution in [2.75, 3.05) is 12.3 Å². The second-order valence-corrected chi connectivity index (χ2v) is 5.17. The lowest BCUT2D eigenvalue weighted by molar-refractivity contribution is -0.163. The Kier molecular flexibility index (Phi) is 4.55. The first-order chi connectivity index (χ1) is 10.8. The Morgan fingerprint density at radius 3 is 3.00 bits per heavy atom. The molecule has 11 heteroatoms. The van der Waals surface area contributed by atoms with Crippen molar-refractivity contribution in [3.8, 4) is 0 Å². The number of aliphatic hydroxyl groups excluding tert-OH is 1. The number of nitrogens with two attached hydrogens (primary N) is 1. The summed E-state index contributed by atoms with van der Waals surface area (Å²) in [5.41, 5.74) is 11.7. The van der Waals surface area contributed by atoms with Crippen molar-refractivity contribution >= 4 is 11.8 Å². The summed E-state index contributed by atoms with van der Waals surface area (Å²) in [7, 11) is 0. The number of aromatic nitrogens is 2. The van der Waals surface area contributed by atoms with E-state index < -0.39 is 42.2 Å². The molecule has 0 saturated carbocycles. The lowest BCUT2D eigenvalue weighted by Crippen LogP contribution is -2.43. The SMILES string of the molecule is CC(=O)OC[C@@]1(N=[N+]=[N-])O[C@@H](n2ccc(N)nc2=O)[C@@H](C)[C@@H]1O. The zero-order valence-electron chi connectivity index (χ0n) is 12.5. The average molecular weight is 324 g/mol. The molecule has 0 aliphatic carbocycles. The number of esters is 1. The van der Waals surface area contributed by atoms with E-state index >= 15 is 0 Å². The Balaban J connectivity index is 2.40. The third-order valence-electron chi connectivity index (χ3n) is 3.56. The minimum Gasteiger partial charge on any atom is -0.463 e. The van der Waals surface area contributed by atoms with E-state index in [0.717, 1.165) is 4.57 Å². The van der Waals surface area contributed by atoms with Crippen LogP contribution < -0.4 is 11.4 Å². The normalized spacial score (nSPS) is 29.8. The van der Waals surface area contributed by atoms with Crippen LogP contribution in [0.1, 0.15) is 20.1 Å². The minimum atomic E-state index is -1.83. The molecule has 1 aromatic heterocycles. The van der Waals surface area contributed by atoms with E-state index in [4.69, 9.17) is 20.7 Å². The smallest absolute Gasteiger partial charge is 0.351 e. The van der Waals surface area contributed by atoms with Crippen molar-refractivity contribution in [2.45, 2.75) is 31.9 Å². The fraction of sp³-hybridized carbons (Fsp3) is 0.583. The van der Waals surface area contributed by atoms with Gasteiger partial charge in [0.2, 0.25) is 5.72 Å². The summed E-state index contributed by atoms with van der Waals surface area (Å²) in [6.07, 6.45) is -0.907. The average Bonchev–Trinajstić information content (AvgIpc) is 2.72. The van der Waals surface area contributed by atoms with Crippen molar-refractivity contribution in [1.82, 2.24) is 9.55 Å². The van der Waals surface area contributed by atoms with E-state index in [9.17, 15) is 14.7 Å². The predicted molar refractivity (Wildman–Crippen MR) is 76.7 cm³/mol. The Bertz CT molecular complexity index is 714. The zero-order valence-corrected chi connectivity index (χ0v) is 12.5. The summed E-state index contributed by atoms with van der Waals surface area (Å²) >= 11 is 0. The highest BCUT2D eigenvalue weighted by Gasteiger charge is 2.54. The van der Waals surface area contributed by atoms with Crippen LogP contribution >= 0.6 is 0 Å². The van der Waals surface area contributed by atoms with Gasteiger partial charge in [-0.05, 0) is 11.6 Å². The molecule has 1 aliphatic rings. The summed E-state index contributed by atoms with van der Waals surface area (Å²) in [4.78, 5) is 29.2. The highest BCUT2D eigenvalue weighted by molar-refractivity contribution is 5.65. The molecule has 11 nitrogen and oxygen atoms in total. The Hall–Kier alpha value is -2.62. The molecular weight excluding hydrogens is 308 g/mol. The van der Waals surface area contributed by atoms with Crippen LogP contribution in [0.3, 0.4) is 0 Å². The monoisotopic (exact) mass is 324 g/mol. The van der Waals surface area contributed by atoms with Gasteiger partial charge in [-0.25, -0.2) is 4.79 Å². The molecule has 0 spiro atoms. The maximum absolute atomic E-state index is 11.9. The molecule has 0 unspecified atom stereocenters. The Morgan fingerprint density at radius 2 is 2.43 bits per heavy atom. The molecule has 124 valence electrons. The predicted octanol–water partition coefficient (Wildman–Crippen LogP) is -0.0790. The number of hydrogen-bond donors (Lipinski definition) is 2. The number of rotatable bonds is 4.